The average Bonchev–Trinajstić information content (AvgIpc) is 3.09. The molecule has 1 fully saturated rings. The molecule has 1 aliphatic carbocycles. The highest BCUT2D eigenvalue weighted by Gasteiger charge is 2.19. The van der Waals surface area contributed by atoms with Gasteiger partial charge in [0.1, 0.15) is 0 Å². The number of rotatable bonds is 7. The van der Waals surface area contributed by atoms with Crippen LogP contribution in [0.25, 0.3) is 0 Å². The van der Waals surface area contributed by atoms with Gasteiger partial charge in [0.05, 0.1) is 0 Å². The molecule has 1 aromatic carbocycles. The Hall–Kier alpha value is -0.570. The van der Waals surface area contributed by atoms with E-state index in [1.165, 1.54) is 30.4 Å². The number of aryl methyl sites for hydroxylation is 1. The highest BCUT2D eigenvalue weighted by Crippen LogP contribution is 2.18. The number of nitrogens with one attached hydrogen (secondary N) is 2. The molecule has 94 valence electrons. The van der Waals surface area contributed by atoms with E-state index in [-0.39, 0.29) is 0 Å². The zero-order valence-electron chi connectivity index (χ0n) is 10.4. The molecule has 0 bridgehead atoms. The van der Waals surface area contributed by atoms with E-state index in [0.29, 0.717) is 0 Å². The molecule has 0 aliphatic heterocycles. The fraction of sp³-hybridized carbons (Fsp3) is 0.571. The Labute approximate surface area is 109 Å². The summed E-state index contributed by atoms with van der Waals surface area (Å²) in [6.07, 6.45) is 3.94. The zero-order valence-corrected chi connectivity index (χ0v) is 11.2. The van der Waals surface area contributed by atoms with Crippen LogP contribution in [0, 0.1) is 6.92 Å². The maximum Gasteiger partial charge on any atom is 0.0408 e. The van der Waals surface area contributed by atoms with Gasteiger partial charge in [-0.3, -0.25) is 0 Å². The van der Waals surface area contributed by atoms with E-state index in [1.807, 2.05) is 12.1 Å². The van der Waals surface area contributed by atoms with Crippen LogP contribution in [0.15, 0.2) is 18.2 Å². The zero-order chi connectivity index (χ0) is 12.1. The molecule has 1 aromatic rings. The summed E-state index contributed by atoms with van der Waals surface area (Å²) >= 11 is 5.93. The largest absolute Gasteiger partial charge is 0.314 e. The van der Waals surface area contributed by atoms with E-state index in [4.69, 9.17) is 11.6 Å². The second-order valence-electron chi connectivity index (χ2n) is 4.83. The molecule has 2 N–H and O–H groups in total. The lowest BCUT2D eigenvalue weighted by Gasteiger charge is -2.08. The molecular weight excluding hydrogens is 232 g/mol. The summed E-state index contributed by atoms with van der Waals surface area (Å²) in [5, 5.41) is 7.81. The Morgan fingerprint density at radius 1 is 1.29 bits per heavy atom. The van der Waals surface area contributed by atoms with Gasteiger partial charge in [-0.2, -0.15) is 0 Å². The summed E-state index contributed by atoms with van der Waals surface area (Å²) in [7, 11) is 0. The minimum atomic E-state index is 0.819. The van der Waals surface area contributed by atoms with Crippen LogP contribution in [0.3, 0.4) is 0 Å². The smallest absolute Gasteiger partial charge is 0.0408 e. The third-order valence-corrected chi connectivity index (χ3v) is 3.40. The molecule has 0 unspecified atom stereocenters. The van der Waals surface area contributed by atoms with Crippen LogP contribution in [0.5, 0.6) is 0 Å². The molecular formula is C14H21ClN2. The van der Waals surface area contributed by atoms with Crippen molar-refractivity contribution in [2.24, 2.45) is 0 Å². The molecule has 0 atom stereocenters. The Morgan fingerprint density at radius 3 is 2.82 bits per heavy atom. The fourth-order valence-corrected chi connectivity index (χ4v) is 2.11. The van der Waals surface area contributed by atoms with Crippen molar-refractivity contribution in [2.75, 3.05) is 13.1 Å². The van der Waals surface area contributed by atoms with E-state index in [0.717, 1.165) is 30.7 Å². The van der Waals surface area contributed by atoms with Crippen molar-refractivity contribution in [3.63, 3.8) is 0 Å². The maximum atomic E-state index is 5.93. The van der Waals surface area contributed by atoms with Crippen LogP contribution in [0.2, 0.25) is 5.02 Å². The van der Waals surface area contributed by atoms with Crippen molar-refractivity contribution in [1.29, 1.82) is 0 Å². The van der Waals surface area contributed by atoms with Gasteiger partial charge in [-0.15, -0.1) is 0 Å². The van der Waals surface area contributed by atoms with E-state index in [2.05, 4.69) is 23.6 Å². The monoisotopic (exact) mass is 252 g/mol. The van der Waals surface area contributed by atoms with Crippen molar-refractivity contribution < 1.29 is 0 Å². The molecule has 0 spiro atoms. The first kappa shape index (κ1) is 12.9. The van der Waals surface area contributed by atoms with Crippen LogP contribution in [-0.4, -0.2) is 19.1 Å². The van der Waals surface area contributed by atoms with Crippen LogP contribution < -0.4 is 10.6 Å². The third kappa shape index (κ3) is 4.66. The first-order valence-electron chi connectivity index (χ1n) is 6.45. The van der Waals surface area contributed by atoms with E-state index in [9.17, 15) is 0 Å². The van der Waals surface area contributed by atoms with E-state index in [1.54, 1.807) is 0 Å². The lowest BCUT2D eigenvalue weighted by atomic mass is 10.1. The molecule has 0 heterocycles. The number of hydrogen-bond acceptors (Lipinski definition) is 2. The average molecular weight is 253 g/mol. The summed E-state index contributed by atoms with van der Waals surface area (Å²) < 4.78 is 0. The standard InChI is InChI=1S/C14H21ClN2/c1-11-9-13(15)4-3-12(11)10-16-7-2-8-17-14-5-6-14/h3-4,9,14,16-17H,2,5-8,10H2,1H3. The summed E-state index contributed by atoms with van der Waals surface area (Å²) in [4.78, 5) is 0. The Kier molecular flexibility index (Phi) is 4.84. The van der Waals surface area contributed by atoms with Gasteiger partial charge in [0, 0.05) is 17.6 Å². The van der Waals surface area contributed by atoms with Crippen LogP contribution in [-0.2, 0) is 6.54 Å². The first-order valence-corrected chi connectivity index (χ1v) is 6.82. The minimum absolute atomic E-state index is 0.819. The molecule has 3 heteroatoms. The molecule has 0 saturated heterocycles. The third-order valence-electron chi connectivity index (χ3n) is 3.16. The van der Waals surface area contributed by atoms with Crippen LogP contribution >= 0.6 is 11.6 Å². The summed E-state index contributed by atoms with van der Waals surface area (Å²) in [6, 6.07) is 6.91. The summed E-state index contributed by atoms with van der Waals surface area (Å²) in [6.45, 7) is 5.25. The minimum Gasteiger partial charge on any atom is -0.314 e. The Balaban J connectivity index is 1.60. The first-order chi connectivity index (χ1) is 8.25. The summed E-state index contributed by atoms with van der Waals surface area (Å²) in [5.41, 5.74) is 2.60. The predicted molar refractivity (Wildman–Crippen MR) is 73.5 cm³/mol. The van der Waals surface area contributed by atoms with E-state index >= 15 is 0 Å². The number of halogens is 1. The van der Waals surface area contributed by atoms with Gasteiger partial charge >= 0.3 is 0 Å². The van der Waals surface area contributed by atoms with Gasteiger partial charge in [-0.1, -0.05) is 17.7 Å². The normalized spacial score (nSPS) is 15.2. The van der Waals surface area contributed by atoms with Crippen molar-refractivity contribution in [3.8, 4) is 0 Å². The molecule has 1 saturated carbocycles. The molecule has 0 aromatic heterocycles. The lowest BCUT2D eigenvalue weighted by molar-refractivity contribution is 0.592. The second-order valence-corrected chi connectivity index (χ2v) is 5.27. The Bertz CT molecular complexity index is 361. The van der Waals surface area contributed by atoms with Crippen LogP contribution in [0.4, 0.5) is 0 Å². The number of hydrogen-bond donors (Lipinski definition) is 2. The predicted octanol–water partition coefficient (Wildman–Crippen LogP) is 2.88. The van der Waals surface area contributed by atoms with Crippen molar-refractivity contribution >= 4 is 11.6 Å². The summed E-state index contributed by atoms with van der Waals surface area (Å²) in [5.74, 6) is 0. The van der Waals surface area contributed by atoms with Crippen molar-refractivity contribution in [3.05, 3.63) is 34.3 Å². The quantitative estimate of drug-likeness (QED) is 0.730. The van der Waals surface area contributed by atoms with Crippen molar-refractivity contribution in [2.45, 2.75) is 38.8 Å². The highest BCUT2D eigenvalue weighted by molar-refractivity contribution is 6.30. The van der Waals surface area contributed by atoms with Gasteiger partial charge in [0.25, 0.3) is 0 Å². The van der Waals surface area contributed by atoms with Gasteiger partial charge in [-0.05, 0) is 62.5 Å². The molecule has 1 aliphatic rings. The Morgan fingerprint density at radius 2 is 2.12 bits per heavy atom. The fourth-order valence-electron chi connectivity index (χ4n) is 1.89. The molecule has 17 heavy (non-hydrogen) atoms. The van der Waals surface area contributed by atoms with Gasteiger partial charge in [-0.25, -0.2) is 0 Å². The van der Waals surface area contributed by atoms with Gasteiger partial charge < -0.3 is 10.6 Å². The molecule has 2 nitrogen and oxygen atoms in total. The van der Waals surface area contributed by atoms with E-state index < -0.39 is 0 Å². The number of benzene rings is 1. The van der Waals surface area contributed by atoms with Gasteiger partial charge in [0.15, 0.2) is 0 Å². The highest BCUT2D eigenvalue weighted by atomic mass is 35.5. The van der Waals surface area contributed by atoms with Gasteiger partial charge in [0.2, 0.25) is 0 Å². The topological polar surface area (TPSA) is 24.1 Å². The molecule has 0 amide bonds. The maximum absolute atomic E-state index is 5.93. The SMILES string of the molecule is Cc1cc(Cl)ccc1CNCCCNC1CC1. The second kappa shape index (κ2) is 6.39. The molecule has 2 rings (SSSR count). The van der Waals surface area contributed by atoms with Crippen molar-refractivity contribution in [1.82, 2.24) is 10.6 Å². The molecule has 0 radical (unpaired) electrons. The van der Waals surface area contributed by atoms with Crippen LogP contribution in [0.1, 0.15) is 30.4 Å². The lowest BCUT2D eigenvalue weighted by Crippen LogP contribution is -2.23.